The van der Waals surface area contributed by atoms with Gasteiger partial charge in [0.05, 0.1) is 22.8 Å². The molecule has 0 aromatic heterocycles. The van der Waals surface area contributed by atoms with Crippen LogP contribution in [0.5, 0.6) is 5.75 Å². The molecule has 2 aromatic rings. The number of nitro groups is 1. The number of amides is 1. The second kappa shape index (κ2) is 11.2. The fourth-order valence-electron chi connectivity index (χ4n) is 2.47. The molecule has 172 valence electrons. The van der Waals surface area contributed by atoms with Gasteiger partial charge in [-0.15, -0.1) is 0 Å². The highest BCUT2D eigenvalue weighted by molar-refractivity contribution is 7.89. The number of ether oxygens (including phenoxy) is 2. The first-order valence-electron chi connectivity index (χ1n) is 9.59. The lowest BCUT2D eigenvalue weighted by Crippen LogP contribution is -2.32. The van der Waals surface area contributed by atoms with Gasteiger partial charge in [-0.05, 0) is 50.2 Å². The lowest BCUT2D eigenvalue weighted by atomic mass is 10.2. The maximum atomic E-state index is 12.3. The average Bonchev–Trinajstić information content (AvgIpc) is 2.74. The number of benzene rings is 2. The molecule has 1 atom stereocenters. The highest BCUT2D eigenvalue weighted by Gasteiger charge is 2.19. The topological polar surface area (TPSA) is 154 Å². The summed E-state index contributed by atoms with van der Waals surface area (Å²) in [5.41, 5.74) is 0.168. The Bertz CT molecular complexity index is 1050. The maximum Gasteiger partial charge on any atom is 0.307 e. The molecule has 2 rings (SSSR count). The number of rotatable bonds is 11. The molecular weight excluding hydrogens is 442 g/mol. The van der Waals surface area contributed by atoms with E-state index < -0.39 is 32.9 Å². The first-order valence-corrected chi connectivity index (χ1v) is 11.1. The van der Waals surface area contributed by atoms with Crippen LogP contribution in [-0.2, 0) is 24.3 Å². The highest BCUT2D eigenvalue weighted by atomic mass is 32.2. The number of nitro benzene ring substituents is 1. The molecule has 1 amide bonds. The molecule has 0 spiro atoms. The summed E-state index contributed by atoms with van der Waals surface area (Å²) in [5, 5.41) is 13.1. The molecule has 12 heteroatoms. The normalized spacial score (nSPS) is 11.9. The number of non-ortho nitro benzene ring substituents is 1. The minimum atomic E-state index is -3.82. The van der Waals surface area contributed by atoms with E-state index in [-0.39, 0.29) is 23.5 Å². The van der Waals surface area contributed by atoms with Crippen LogP contribution in [0.25, 0.3) is 0 Å². The van der Waals surface area contributed by atoms with Crippen LogP contribution in [0, 0.1) is 10.1 Å². The van der Waals surface area contributed by atoms with Crippen LogP contribution in [0.1, 0.15) is 20.3 Å². The minimum absolute atomic E-state index is 0.0187. The number of carbonyl (C=O) groups is 2. The van der Waals surface area contributed by atoms with Gasteiger partial charge in [-0.3, -0.25) is 19.7 Å². The minimum Gasteiger partial charge on any atom is -0.494 e. The van der Waals surface area contributed by atoms with E-state index in [1.54, 1.807) is 0 Å². The van der Waals surface area contributed by atoms with Gasteiger partial charge in [0.1, 0.15) is 5.75 Å². The number of anilines is 1. The summed E-state index contributed by atoms with van der Waals surface area (Å²) >= 11 is 0. The molecule has 1 unspecified atom stereocenters. The Morgan fingerprint density at radius 3 is 2.28 bits per heavy atom. The van der Waals surface area contributed by atoms with Gasteiger partial charge in [-0.2, -0.15) is 0 Å². The number of nitrogens with one attached hydrogen (secondary N) is 2. The van der Waals surface area contributed by atoms with Crippen molar-refractivity contribution in [3.8, 4) is 5.75 Å². The van der Waals surface area contributed by atoms with E-state index in [9.17, 15) is 28.1 Å². The number of esters is 1. The lowest BCUT2D eigenvalue weighted by molar-refractivity contribution is -0.384. The van der Waals surface area contributed by atoms with Gasteiger partial charge in [0.25, 0.3) is 11.6 Å². The van der Waals surface area contributed by atoms with Crippen molar-refractivity contribution in [2.45, 2.75) is 31.3 Å². The molecule has 2 N–H and O–H groups in total. The number of carbonyl (C=O) groups excluding carboxylic acids is 2. The Labute approximate surface area is 184 Å². The van der Waals surface area contributed by atoms with Gasteiger partial charge >= 0.3 is 5.97 Å². The second-order valence-corrected chi connectivity index (χ2v) is 8.24. The molecule has 0 aliphatic carbocycles. The van der Waals surface area contributed by atoms with Crippen LogP contribution in [0.2, 0.25) is 0 Å². The summed E-state index contributed by atoms with van der Waals surface area (Å²) in [7, 11) is -3.82. The molecule has 0 radical (unpaired) electrons. The molecule has 0 fully saturated rings. The van der Waals surface area contributed by atoms with Crippen LogP contribution >= 0.6 is 0 Å². The summed E-state index contributed by atoms with van der Waals surface area (Å²) in [5.74, 6) is -0.871. The highest BCUT2D eigenvalue weighted by Crippen LogP contribution is 2.17. The van der Waals surface area contributed by atoms with E-state index in [4.69, 9.17) is 9.47 Å². The van der Waals surface area contributed by atoms with E-state index in [1.165, 1.54) is 55.5 Å². The monoisotopic (exact) mass is 465 g/mol. The average molecular weight is 465 g/mol. The van der Waals surface area contributed by atoms with E-state index in [1.807, 2.05) is 6.92 Å². The Kier molecular flexibility index (Phi) is 8.67. The fourth-order valence-corrected chi connectivity index (χ4v) is 3.50. The van der Waals surface area contributed by atoms with Crippen molar-refractivity contribution in [1.82, 2.24) is 4.72 Å². The first-order chi connectivity index (χ1) is 15.1. The van der Waals surface area contributed by atoms with Crippen molar-refractivity contribution in [2.24, 2.45) is 0 Å². The standard InChI is InChI=1S/C20H23N3O8S/c1-3-30-17-8-10-18(11-9-17)32(28,29)21-13-12-19(24)31-14(2)20(25)22-15-4-6-16(7-5-15)23(26)27/h4-11,14,21H,3,12-13H2,1-2H3,(H,22,25). The van der Waals surface area contributed by atoms with Gasteiger partial charge in [0.2, 0.25) is 10.0 Å². The molecule has 0 aliphatic heterocycles. The predicted molar refractivity (Wildman–Crippen MR) is 115 cm³/mol. The summed E-state index contributed by atoms with van der Waals surface area (Å²) in [6, 6.07) is 11.0. The largest absolute Gasteiger partial charge is 0.494 e. The molecule has 0 saturated heterocycles. The number of sulfonamides is 1. The van der Waals surface area contributed by atoms with Crippen molar-refractivity contribution in [3.63, 3.8) is 0 Å². The quantitative estimate of drug-likeness (QED) is 0.291. The third-order valence-corrected chi connectivity index (χ3v) is 5.57. The van der Waals surface area contributed by atoms with Crippen LogP contribution < -0.4 is 14.8 Å². The van der Waals surface area contributed by atoms with Gasteiger partial charge in [0, 0.05) is 24.4 Å². The van der Waals surface area contributed by atoms with Crippen molar-refractivity contribution in [2.75, 3.05) is 18.5 Å². The van der Waals surface area contributed by atoms with Crippen LogP contribution in [0.4, 0.5) is 11.4 Å². The first kappa shape index (κ1) is 24.8. The smallest absolute Gasteiger partial charge is 0.307 e. The molecule has 0 heterocycles. The molecule has 32 heavy (non-hydrogen) atoms. The SMILES string of the molecule is CCOc1ccc(S(=O)(=O)NCCC(=O)OC(C)C(=O)Nc2ccc([N+](=O)[O-])cc2)cc1. The lowest BCUT2D eigenvalue weighted by Gasteiger charge is -2.14. The summed E-state index contributed by atoms with van der Waals surface area (Å²) in [6.07, 6.45) is -1.44. The third-order valence-electron chi connectivity index (χ3n) is 4.09. The second-order valence-electron chi connectivity index (χ2n) is 6.48. The number of hydrogen-bond donors (Lipinski definition) is 2. The molecule has 11 nitrogen and oxygen atoms in total. The summed E-state index contributed by atoms with van der Waals surface area (Å²) in [6.45, 7) is 3.40. The predicted octanol–water partition coefficient (Wildman–Crippen LogP) is 2.23. The van der Waals surface area contributed by atoms with Crippen LogP contribution in [0.3, 0.4) is 0 Å². The van der Waals surface area contributed by atoms with E-state index in [0.29, 0.717) is 18.0 Å². The Morgan fingerprint density at radius 1 is 1.09 bits per heavy atom. The van der Waals surface area contributed by atoms with Gasteiger partial charge in [-0.25, -0.2) is 13.1 Å². The number of hydrogen-bond acceptors (Lipinski definition) is 8. The molecular formula is C20H23N3O8S. The molecule has 2 aromatic carbocycles. The van der Waals surface area contributed by atoms with Crippen molar-refractivity contribution < 1.29 is 32.4 Å². The van der Waals surface area contributed by atoms with Crippen LogP contribution in [0.15, 0.2) is 53.4 Å². The summed E-state index contributed by atoms with van der Waals surface area (Å²) < 4.78 is 37.1. The zero-order valence-corrected chi connectivity index (χ0v) is 18.3. The van der Waals surface area contributed by atoms with Crippen molar-refractivity contribution >= 4 is 33.3 Å². The maximum absolute atomic E-state index is 12.3. The Balaban J connectivity index is 1.79. The zero-order valence-electron chi connectivity index (χ0n) is 17.4. The zero-order chi connectivity index (χ0) is 23.7. The molecule has 0 saturated carbocycles. The van der Waals surface area contributed by atoms with Crippen LogP contribution in [-0.4, -0.2) is 44.5 Å². The van der Waals surface area contributed by atoms with E-state index >= 15 is 0 Å². The summed E-state index contributed by atoms with van der Waals surface area (Å²) in [4.78, 5) is 34.1. The van der Waals surface area contributed by atoms with Gasteiger partial charge < -0.3 is 14.8 Å². The number of nitrogens with zero attached hydrogens (tertiary/aromatic N) is 1. The third kappa shape index (κ3) is 7.32. The molecule has 0 bridgehead atoms. The fraction of sp³-hybridized carbons (Fsp3) is 0.300. The van der Waals surface area contributed by atoms with E-state index in [0.717, 1.165) is 0 Å². The van der Waals surface area contributed by atoms with Gasteiger partial charge in [-0.1, -0.05) is 0 Å². The Hall–Kier alpha value is -3.51. The van der Waals surface area contributed by atoms with Crippen molar-refractivity contribution in [3.05, 3.63) is 58.6 Å². The van der Waals surface area contributed by atoms with E-state index in [2.05, 4.69) is 10.0 Å². The molecule has 0 aliphatic rings. The van der Waals surface area contributed by atoms with Gasteiger partial charge in [0.15, 0.2) is 6.10 Å². The Morgan fingerprint density at radius 2 is 1.72 bits per heavy atom. The van der Waals surface area contributed by atoms with Crippen molar-refractivity contribution in [1.29, 1.82) is 0 Å².